The molecular formula is C16H14ClF3N2O4S. The van der Waals surface area contributed by atoms with E-state index in [-0.39, 0.29) is 22.8 Å². The first-order valence-electron chi connectivity index (χ1n) is 7.54. The summed E-state index contributed by atoms with van der Waals surface area (Å²) in [4.78, 5) is 9.92. The second-order valence-electron chi connectivity index (χ2n) is 5.54. The highest BCUT2D eigenvalue weighted by Gasteiger charge is 2.33. The van der Waals surface area contributed by atoms with Gasteiger partial charge in [0.05, 0.1) is 26.1 Å². The average molecular weight is 423 g/mol. The summed E-state index contributed by atoms with van der Waals surface area (Å²) in [5.41, 5.74) is -1.59. The Morgan fingerprint density at radius 2 is 1.81 bits per heavy atom. The summed E-state index contributed by atoms with van der Waals surface area (Å²) >= 11 is 5.94. The van der Waals surface area contributed by atoms with Gasteiger partial charge in [-0.1, -0.05) is 17.7 Å². The van der Waals surface area contributed by atoms with E-state index < -0.39 is 37.3 Å². The summed E-state index contributed by atoms with van der Waals surface area (Å²) < 4.78 is 65.5. The molecule has 0 spiro atoms. The summed E-state index contributed by atoms with van der Waals surface area (Å²) in [5, 5.41) is 10.9. The van der Waals surface area contributed by atoms with E-state index in [9.17, 15) is 31.7 Å². The minimum Gasteiger partial charge on any atom is -0.265 e. The molecule has 0 N–H and O–H groups in total. The van der Waals surface area contributed by atoms with Gasteiger partial charge in [-0.25, -0.2) is 8.42 Å². The molecule has 0 aliphatic carbocycles. The van der Waals surface area contributed by atoms with Gasteiger partial charge >= 0.3 is 6.18 Å². The van der Waals surface area contributed by atoms with Gasteiger partial charge in [-0.2, -0.15) is 13.2 Å². The number of nitro groups is 1. The fraction of sp³-hybridized carbons (Fsp3) is 0.250. The van der Waals surface area contributed by atoms with Crippen LogP contribution in [0.1, 0.15) is 18.1 Å². The van der Waals surface area contributed by atoms with E-state index in [1.54, 1.807) is 0 Å². The van der Waals surface area contributed by atoms with Crippen LogP contribution in [0.25, 0.3) is 0 Å². The van der Waals surface area contributed by atoms with Gasteiger partial charge in [0.25, 0.3) is 15.7 Å². The van der Waals surface area contributed by atoms with E-state index in [4.69, 9.17) is 11.6 Å². The van der Waals surface area contributed by atoms with E-state index in [2.05, 4.69) is 0 Å². The smallest absolute Gasteiger partial charge is 0.265 e. The Labute approximate surface area is 158 Å². The number of alkyl halides is 3. The molecular weight excluding hydrogens is 409 g/mol. The predicted octanol–water partition coefficient (Wildman–Crippen LogP) is 4.79. The number of hydrogen-bond donors (Lipinski definition) is 0. The molecule has 2 aromatic carbocycles. The monoisotopic (exact) mass is 422 g/mol. The third-order valence-corrected chi connectivity index (χ3v) is 6.00. The number of rotatable bonds is 5. The second-order valence-corrected chi connectivity index (χ2v) is 7.81. The molecule has 0 aliphatic rings. The van der Waals surface area contributed by atoms with Crippen LogP contribution in [0.5, 0.6) is 0 Å². The van der Waals surface area contributed by atoms with Gasteiger partial charge in [0, 0.05) is 18.2 Å². The lowest BCUT2D eigenvalue weighted by atomic mass is 10.2. The molecule has 0 unspecified atom stereocenters. The highest BCUT2D eigenvalue weighted by molar-refractivity contribution is 7.92. The van der Waals surface area contributed by atoms with Crippen LogP contribution in [-0.4, -0.2) is 19.9 Å². The number of aryl methyl sites for hydroxylation is 1. The third-order valence-electron chi connectivity index (χ3n) is 3.79. The van der Waals surface area contributed by atoms with E-state index >= 15 is 0 Å². The molecule has 0 atom stereocenters. The van der Waals surface area contributed by atoms with Crippen LogP contribution in [-0.2, 0) is 16.2 Å². The Bertz CT molecular complexity index is 994. The molecule has 0 radical (unpaired) electrons. The maximum atomic E-state index is 13.0. The quantitative estimate of drug-likeness (QED) is 0.512. The second kappa shape index (κ2) is 7.35. The Balaban J connectivity index is 2.64. The molecule has 11 heteroatoms. The maximum absolute atomic E-state index is 13.0. The van der Waals surface area contributed by atoms with Crippen molar-refractivity contribution in [3.05, 3.63) is 62.7 Å². The van der Waals surface area contributed by atoms with Crippen molar-refractivity contribution >= 4 is 33.0 Å². The normalized spacial score (nSPS) is 12.1. The third kappa shape index (κ3) is 4.16. The van der Waals surface area contributed by atoms with E-state index in [0.29, 0.717) is 10.4 Å². The SMILES string of the molecule is CCN(c1cc(C(F)(F)F)ccc1Cl)S(=O)(=O)c1ccc(C)c([N+](=O)[O-])c1. The summed E-state index contributed by atoms with van der Waals surface area (Å²) in [5.74, 6) is 0. The first-order valence-corrected chi connectivity index (χ1v) is 9.36. The van der Waals surface area contributed by atoms with Crippen LogP contribution in [0.4, 0.5) is 24.5 Å². The highest BCUT2D eigenvalue weighted by atomic mass is 35.5. The van der Waals surface area contributed by atoms with Gasteiger partial charge in [-0.15, -0.1) is 0 Å². The summed E-state index contributed by atoms with van der Waals surface area (Å²) in [7, 11) is -4.38. The lowest BCUT2D eigenvalue weighted by molar-refractivity contribution is -0.385. The zero-order chi connectivity index (χ0) is 20.6. The summed E-state index contributed by atoms with van der Waals surface area (Å²) in [6.07, 6.45) is -4.69. The Morgan fingerprint density at radius 1 is 1.19 bits per heavy atom. The van der Waals surface area contributed by atoms with Crippen LogP contribution >= 0.6 is 11.6 Å². The van der Waals surface area contributed by atoms with Crippen molar-refractivity contribution < 1.29 is 26.5 Å². The fourth-order valence-corrected chi connectivity index (χ4v) is 4.20. The fourth-order valence-electron chi connectivity index (χ4n) is 2.42. The molecule has 0 amide bonds. The first-order chi connectivity index (χ1) is 12.4. The van der Waals surface area contributed by atoms with Crippen molar-refractivity contribution in [2.45, 2.75) is 24.9 Å². The number of benzene rings is 2. The van der Waals surface area contributed by atoms with Gasteiger partial charge < -0.3 is 0 Å². The topological polar surface area (TPSA) is 80.5 Å². The number of nitro benzene ring substituents is 1. The summed E-state index contributed by atoms with van der Waals surface area (Å²) in [6, 6.07) is 5.60. The Hall–Kier alpha value is -2.33. The number of halogens is 4. The van der Waals surface area contributed by atoms with E-state index in [1.165, 1.54) is 19.9 Å². The van der Waals surface area contributed by atoms with Crippen LogP contribution in [0.3, 0.4) is 0 Å². The van der Waals surface area contributed by atoms with Crippen molar-refractivity contribution in [2.75, 3.05) is 10.8 Å². The number of nitrogens with zero attached hydrogens (tertiary/aromatic N) is 2. The molecule has 0 fully saturated rings. The Morgan fingerprint density at radius 3 is 2.33 bits per heavy atom. The zero-order valence-electron chi connectivity index (χ0n) is 14.1. The van der Waals surface area contributed by atoms with Crippen molar-refractivity contribution in [3.8, 4) is 0 Å². The molecule has 2 rings (SSSR count). The van der Waals surface area contributed by atoms with Gasteiger partial charge in [-0.3, -0.25) is 14.4 Å². The van der Waals surface area contributed by atoms with Crippen LogP contribution in [0.2, 0.25) is 5.02 Å². The minimum atomic E-state index is -4.69. The lowest BCUT2D eigenvalue weighted by Gasteiger charge is -2.25. The molecule has 27 heavy (non-hydrogen) atoms. The lowest BCUT2D eigenvalue weighted by Crippen LogP contribution is -2.31. The average Bonchev–Trinajstić information content (AvgIpc) is 2.55. The van der Waals surface area contributed by atoms with Crippen molar-refractivity contribution in [3.63, 3.8) is 0 Å². The number of sulfonamides is 1. The van der Waals surface area contributed by atoms with Gasteiger partial charge in [0.2, 0.25) is 0 Å². The van der Waals surface area contributed by atoms with Crippen molar-refractivity contribution in [2.24, 2.45) is 0 Å². The number of hydrogen-bond acceptors (Lipinski definition) is 4. The summed E-state index contributed by atoms with van der Waals surface area (Å²) in [6.45, 7) is 2.62. The molecule has 6 nitrogen and oxygen atoms in total. The maximum Gasteiger partial charge on any atom is 0.416 e. The molecule has 2 aromatic rings. The van der Waals surface area contributed by atoms with Crippen LogP contribution in [0.15, 0.2) is 41.3 Å². The van der Waals surface area contributed by atoms with Gasteiger partial charge in [-0.05, 0) is 38.1 Å². The van der Waals surface area contributed by atoms with Crippen LogP contribution in [0, 0.1) is 17.0 Å². The molecule has 0 heterocycles. The molecule has 0 aliphatic heterocycles. The molecule has 0 saturated heterocycles. The minimum absolute atomic E-state index is 0.199. The predicted molar refractivity (Wildman–Crippen MR) is 94.5 cm³/mol. The first kappa shape index (κ1) is 21.0. The van der Waals surface area contributed by atoms with Gasteiger partial charge in [0.15, 0.2) is 0 Å². The van der Waals surface area contributed by atoms with Crippen LogP contribution < -0.4 is 4.31 Å². The number of anilines is 1. The largest absolute Gasteiger partial charge is 0.416 e. The van der Waals surface area contributed by atoms with E-state index in [1.807, 2.05) is 0 Å². The van der Waals surface area contributed by atoms with Crippen molar-refractivity contribution in [1.29, 1.82) is 0 Å². The van der Waals surface area contributed by atoms with Crippen molar-refractivity contribution in [1.82, 2.24) is 0 Å². The molecule has 0 saturated carbocycles. The molecule has 146 valence electrons. The standard InChI is InChI=1S/C16H14ClF3N2O4S/c1-3-21(15-8-11(16(18,19)20)5-7-13(15)17)27(25,26)12-6-4-10(2)14(9-12)22(23)24/h4-9H,3H2,1-2H3. The zero-order valence-corrected chi connectivity index (χ0v) is 15.7. The molecule has 0 aromatic heterocycles. The molecule has 0 bridgehead atoms. The van der Waals surface area contributed by atoms with E-state index in [0.717, 1.165) is 24.3 Å². The Kier molecular flexibility index (Phi) is 5.71. The van der Waals surface area contributed by atoms with Gasteiger partial charge in [0.1, 0.15) is 0 Å². The highest BCUT2D eigenvalue weighted by Crippen LogP contribution is 2.37.